The first kappa shape index (κ1) is 20.3. The highest BCUT2D eigenvalue weighted by Crippen LogP contribution is 2.43. The molecule has 0 radical (unpaired) electrons. The number of halogens is 1. The number of carbonyl (C=O) groups is 2. The van der Waals surface area contributed by atoms with Gasteiger partial charge in [0.1, 0.15) is 10.8 Å². The van der Waals surface area contributed by atoms with Crippen LogP contribution in [0.5, 0.6) is 0 Å². The van der Waals surface area contributed by atoms with Crippen molar-refractivity contribution in [2.24, 2.45) is 0 Å². The van der Waals surface area contributed by atoms with Crippen LogP contribution < -0.4 is 4.90 Å². The van der Waals surface area contributed by atoms with Crippen LogP contribution in [-0.2, 0) is 4.79 Å². The van der Waals surface area contributed by atoms with E-state index in [0.717, 1.165) is 5.01 Å². The molecule has 1 aliphatic rings. The maximum Gasteiger partial charge on any atom is 0.296 e. The van der Waals surface area contributed by atoms with Crippen molar-refractivity contribution in [2.75, 3.05) is 4.90 Å². The number of ketones is 1. The number of aliphatic hydroxyl groups excluding tert-OH is 1. The average Bonchev–Trinajstić information content (AvgIpc) is 3.41. The smallest absolute Gasteiger partial charge is 0.296 e. The molecule has 0 aliphatic carbocycles. The van der Waals surface area contributed by atoms with Gasteiger partial charge in [-0.1, -0.05) is 48.9 Å². The summed E-state index contributed by atoms with van der Waals surface area (Å²) >= 11 is 7.26. The number of amides is 1. The molecule has 1 aliphatic heterocycles. The predicted octanol–water partition coefficient (Wildman–Crippen LogP) is 5.00. The fourth-order valence-corrected chi connectivity index (χ4v) is 4.24. The quantitative estimate of drug-likeness (QED) is 0.557. The van der Waals surface area contributed by atoms with Gasteiger partial charge in [-0.15, -0.1) is 10.2 Å². The second-order valence-corrected chi connectivity index (χ2v) is 8.63. The van der Waals surface area contributed by atoms with Crippen molar-refractivity contribution < 1.29 is 19.1 Å². The third-order valence-electron chi connectivity index (χ3n) is 4.73. The second kappa shape index (κ2) is 7.70. The van der Waals surface area contributed by atoms with Crippen LogP contribution in [0.1, 0.15) is 52.7 Å². The van der Waals surface area contributed by atoms with Crippen molar-refractivity contribution in [2.45, 2.75) is 32.7 Å². The number of Topliss-reactive ketones (excluding diaryl/α,β-unsaturated/α-hetero) is 1. The highest BCUT2D eigenvalue weighted by atomic mass is 35.5. The third-order valence-corrected chi connectivity index (χ3v) is 6.21. The van der Waals surface area contributed by atoms with Crippen LogP contribution in [-0.4, -0.2) is 27.0 Å². The highest BCUT2D eigenvalue weighted by molar-refractivity contribution is 7.15. The number of rotatable bonds is 5. The van der Waals surface area contributed by atoms with E-state index in [0.29, 0.717) is 21.5 Å². The Bertz CT molecular complexity index is 1160. The van der Waals surface area contributed by atoms with Gasteiger partial charge < -0.3 is 9.52 Å². The van der Waals surface area contributed by atoms with Gasteiger partial charge in [-0.05, 0) is 36.8 Å². The lowest BCUT2D eigenvalue weighted by Gasteiger charge is -2.23. The van der Waals surface area contributed by atoms with Crippen molar-refractivity contribution in [3.05, 3.63) is 74.8 Å². The molecule has 1 atom stereocenters. The Hall–Kier alpha value is -2.97. The molecule has 0 spiro atoms. The molecule has 7 nitrogen and oxygen atoms in total. The summed E-state index contributed by atoms with van der Waals surface area (Å²) in [6.07, 6.45) is 0. The standard InChI is InChI=1S/C21H18ClN3O4S/c1-10(2)19-23-24-21(30-19)25-16(12-5-7-13(22)8-6-12)15(18(27)20(25)28)17(26)14-9-4-11(3)29-14/h4-10,16,27H,1-3H3. The van der Waals surface area contributed by atoms with Gasteiger partial charge in [0.15, 0.2) is 11.5 Å². The largest absolute Gasteiger partial charge is 0.503 e. The van der Waals surface area contributed by atoms with Gasteiger partial charge in [-0.25, -0.2) is 0 Å². The SMILES string of the molecule is Cc1ccc(C(=O)C2=C(O)C(=O)N(c3nnc(C(C)C)s3)C2c2ccc(Cl)cc2)o1. The van der Waals surface area contributed by atoms with E-state index in [1.54, 1.807) is 37.3 Å². The summed E-state index contributed by atoms with van der Waals surface area (Å²) in [5.41, 5.74) is 0.530. The minimum atomic E-state index is -0.888. The van der Waals surface area contributed by atoms with Gasteiger partial charge in [0.2, 0.25) is 10.9 Å². The molecule has 1 amide bonds. The van der Waals surface area contributed by atoms with Gasteiger partial charge in [-0.2, -0.15) is 0 Å². The number of furan rings is 1. The lowest BCUT2D eigenvalue weighted by atomic mass is 9.95. The number of aromatic nitrogens is 2. The average molecular weight is 444 g/mol. The number of hydrogen-bond acceptors (Lipinski definition) is 7. The summed E-state index contributed by atoms with van der Waals surface area (Å²) in [6.45, 7) is 5.65. The molecule has 3 heterocycles. The van der Waals surface area contributed by atoms with Crippen LogP contribution in [0, 0.1) is 6.92 Å². The molecule has 1 unspecified atom stereocenters. The maximum absolute atomic E-state index is 13.2. The van der Waals surface area contributed by atoms with E-state index >= 15 is 0 Å². The minimum absolute atomic E-state index is 0.0443. The molecule has 9 heteroatoms. The number of aliphatic hydroxyl groups is 1. The van der Waals surface area contributed by atoms with Crippen molar-refractivity contribution in [3.8, 4) is 0 Å². The molecule has 0 saturated carbocycles. The van der Waals surface area contributed by atoms with Crippen LogP contribution in [0.3, 0.4) is 0 Å². The van der Waals surface area contributed by atoms with Gasteiger partial charge in [0.25, 0.3) is 5.91 Å². The number of aryl methyl sites for hydroxylation is 1. The molecular formula is C21H18ClN3O4S. The topological polar surface area (TPSA) is 96.5 Å². The first-order valence-corrected chi connectivity index (χ1v) is 10.4. The molecule has 154 valence electrons. The second-order valence-electron chi connectivity index (χ2n) is 7.21. The number of hydrogen-bond donors (Lipinski definition) is 1. The van der Waals surface area contributed by atoms with E-state index in [1.807, 2.05) is 13.8 Å². The molecule has 4 rings (SSSR count). The summed E-state index contributed by atoms with van der Waals surface area (Å²) < 4.78 is 5.45. The number of nitrogens with zero attached hydrogens (tertiary/aromatic N) is 3. The van der Waals surface area contributed by atoms with Crippen LogP contribution in [0.15, 0.2) is 52.1 Å². The van der Waals surface area contributed by atoms with Crippen LogP contribution >= 0.6 is 22.9 Å². The van der Waals surface area contributed by atoms with Crippen molar-refractivity contribution in [1.82, 2.24) is 10.2 Å². The fourth-order valence-electron chi connectivity index (χ4n) is 3.24. The Labute approximate surface area is 181 Å². The van der Waals surface area contributed by atoms with Crippen LogP contribution in [0.2, 0.25) is 5.02 Å². The Morgan fingerprint density at radius 2 is 1.90 bits per heavy atom. The molecule has 0 fully saturated rings. The van der Waals surface area contributed by atoms with E-state index in [1.165, 1.54) is 22.3 Å². The lowest BCUT2D eigenvalue weighted by Crippen LogP contribution is -2.31. The molecule has 1 aromatic carbocycles. The molecule has 3 aromatic rings. The Balaban J connectivity index is 1.85. The number of carbonyl (C=O) groups excluding carboxylic acids is 2. The normalized spacial score (nSPS) is 16.8. The van der Waals surface area contributed by atoms with Crippen LogP contribution in [0.4, 0.5) is 5.13 Å². The molecule has 0 bridgehead atoms. The highest BCUT2D eigenvalue weighted by Gasteiger charge is 2.46. The Morgan fingerprint density at radius 1 is 1.20 bits per heavy atom. The molecule has 0 saturated heterocycles. The van der Waals surface area contributed by atoms with E-state index < -0.39 is 23.5 Å². The summed E-state index contributed by atoms with van der Waals surface area (Å²) in [5, 5.41) is 20.5. The van der Waals surface area contributed by atoms with Gasteiger partial charge in [-0.3, -0.25) is 14.5 Å². The van der Waals surface area contributed by atoms with Crippen molar-refractivity contribution in [3.63, 3.8) is 0 Å². The Morgan fingerprint density at radius 3 is 2.47 bits per heavy atom. The fraction of sp³-hybridized carbons (Fsp3) is 0.238. The summed E-state index contributed by atoms with van der Waals surface area (Å²) in [4.78, 5) is 27.5. The number of benzene rings is 1. The van der Waals surface area contributed by atoms with Gasteiger partial charge >= 0.3 is 0 Å². The molecule has 1 N–H and O–H groups in total. The predicted molar refractivity (Wildman–Crippen MR) is 113 cm³/mol. The summed E-state index contributed by atoms with van der Waals surface area (Å²) in [5.74, 6) is -1.19. The Kier molecular flexibility index (Phi) is 5.21. The zero-order valence-corrected chi connectivity index (χ0v) is 18.0. The van der Waals surface area contributed by atoms with Gasteiger partial charge in [0, 0.05) is 10.9 Å². The van der Waals surface area contributed by atoms with Gasteiger partial charge in [0.05, 0.1) is 11.6 Å². The molecular weight excluding hydrogens is 426 g/mol. The van der Waals surface area contributed by atoms with E-state index in [-0.39, 0.29) is 17.3 Å². The van der Waals surface area contributed by atoms with E-state index in [9.17, 15) is 14.7 Å². The molecule has 2 aromatic heterocycles. The third kappa shape index (κ3) is 3.42. The monoisotopic (exact) mass is 443 g/mol. The molecule has 30 heavy (non-hydrogen) atoms. The maximum atomic E-state index is 13.2. The minimum Gasteiger partial charge on any atom is -0.503 e. The summed E-state index contributed by atoms with van der Waals surface area (Å²) in [7, 11) is 0. The number of anilines is 1. The zero-order valence-electron chi connectivity index (χ0n) is 16.4. The first-order chi connectivity index (χ1) is 14.3. The summed E-state index contributed by atoms with van der Waals surface area (Å²) in [6, 6.07) is 9.01. The van der Waals surface area contributed by atoms with E-state index in [2.05, 4.69) is 10.2 Å². The van der Waals surface area contributed by atoms with E-state index in [4.69, 9.17) is 16.0 Å². The lowest BCUT2D eigenvalue weighted by molar-refractivity contribution is -0.117. The van der Waals surface area contributed by atoms with Crippen molar-refractivity contribution in [1.29, 1.82) is 0 Å². The van der Waals surface area contributed by atoms with Crippen molar-refractivity contribution >= 4 is 39.8 Å². The zero-order chi connectivity index (χ0) is 21.6. The van der Waals surface area contributed by atoms with Crippen LogP contribution in [0.25, 0.3) is 0 Å². The first-order valence-electron chi connectivity index (χ1n) is 9.24.